The number of hydrogen-bond donors (Lipinski definition) is 2. The maximum atomic E-state index is 11.7. The Morgan fingerprint density at radius 1 is 1.30 bits per heavy atom. The molecule has 2 aromatic rings. The highest BCUT2D eigenvalue weighted by Crippen LogP contribution is 2.27. The Kier molecular flexibility index (Phi) is 3.60. The van der Waals surface area contributed by atoms with Gasteiger partial charge in [0.1, 0.15) is 0 Å². The Hall–Kier alpha value is -1.82. The van der Waals surface area contributed by atoms with Crippen molar-refractivity contribution >= 4 is 32.1 Å². The van der Waals surface area contributed by atoms with E-state index in [4.69, 9.17) is 5.73 Å². The van der Waals surface area contributed by atoms with Gasteiger partial charge < -0.3 is 11.1 Å². The van der Waals surface area contributed by atoms with Crippen LogP contribution < -0.4 is 11.1 Å². The zero-order valence-corrected chi connectivity index (χ0v) is 12.7. The van der Waals surface area contributed by atoms with Gasteiger partial charge in [-0.15, -0.1) is 0 Å². The van der Waals surface area contributed by atoms with Crippen molar-refractivity contribution in [2.45, 2.75) is 18.6 Å². The molecule has 0 spiro atoms. The minimum atomic E-state index is -3.14. The average Bonchev–Trinajstić information content (AvgIpc) is 2.37. The number of nitrogens with one attached hydrogen (secondary N) is 1. The fourth-order valence-corrected chi connectivity index (χ4v) is 2.12. The lowest BCUT2D eigenvalue weighted by Crippen LogP contribution is -2.38. The van der Waals surface area contributed by atoms with Gasteiger partial charge in [-0.3, -0.25) is 4.98 Å². The predicted octanol–water partition coefficient (Wildman–Crippen LogP) is 2.05. The van der Waals surface area contributed by atoms with Gasteiger partial charge in [-0.1, -0.05) is 0 Å². The summed E-state index contributed by atoms with van der Waals surface area (Å²) in [4.78, 5) is 4.25. The lowest BCUT2D eigenvalue weighted by atomic mass is 10.1. The van der Waals surface area contributed by atoms with Crippen molar-refractivity contribution in [3.63, 3.8) is 0 Å². The lowest BCUT2D eigenvalue weighted by Gasteiger charge is -2.24. The van der Waals surface area contributed by atoms with Gasteiger partial charge in [0.15, 0.2) is 9.84 Å². The van der Waals surface area contributed by atoms with Crippen LogP contribution in [0.5, 0.6) is 0 Å². The number of nitrogen functional groups attached to an aromatic ring is 1. The second-order valence-corrected chi connectivity index (χ2v) is 8.14. The molecule has 0 amide bonds. The number of aromatic nitrogens is 1. The molecule has 6 heteroatoms. The maximum Gasteiger partial charge on any atom is 0.154 e. The number of anilines is 2. The summed E-state index contributed by atoms with van der Waals surface area (Å²) in [6, 6.07) is 7.35. The van der Waals surface area contributed by atoms with Gasteiger partial charge in [0.25, 0.3) is 0 Å². The van der Waals surface area contributed by atoms with Crippen LogP contribution in [0.2, 0.25) is 0 Å². The van der Waals surface area contributed by atoms with Crippen molar-refractivity contribution < 1.29 is 8.42 Å². The monoisotopic (exact) mass is 293 g/mol. The van der Waals surface area contributed by atoms with Gasteiger partial charge in [-0.25, -0.2) is 8.42 Å². The van der Waals surface area contributed by atoms with Gasteiger partial charge in [0.2, 0.25) is 0 Å². The number of sulfone groups is 1. The molecule has 0 bridgehead atoms. The summed E-state index contributed by atoms with van der Waals surface area (Å²) in [5.41, 5.74) is 8.04. The Morgan fingerprint density at radius 3 is 2.65 bits per heavy atom. The molecule has 0 unspecified atom stereocenters. The molecule has 0 aliphatic heterocycles. The minimum absolute atomic E-state index is 0.319. The van der Waals surface area contributed by atoms with Crippen LogP contribution in [-0.4, -0.2) is 30.9 Å². The molecule has 108 valence electrons. The molecule has 3 N–H and O–H groups in total. The van der Waals surface area contributed by atoms with Gasteiger partial charge in [-0.2, -0.15) is 0 Å². The fourth-order valence-electron chi connectivity index (χ4n) is 1.79. The highest BCUT2D eigenvalue weighted by atomic mass is 32.2. The summed E-state index contributed by atoms with van der Waals surface area (Å²) in [6.45, 7) is 3.72. The first kappa shape index (κ1) is 14.6. The first-order valence-electron chi connectivity index (χ1n) is 6.29. The third-order valence-electron chi connectivity index (χ3n) is 3.51. The van der Waals surface area contributed by atoms with Gasteiger partial charge in [0, 0.05) is 30.1 Å². The predicted molar refractivity (Wildman–Crippen MR) is 83.6 cm³/mol. The molecule has 0 fully saturated rings. The topological polar surface area (TPSA) is 85.1 Å². The van der Waals surface area contributed by atoms with Crippen molar-refractivity contribution in [3.8, 4) is 0 Å². The molecule has 0 radical (unpaired) electrons. The van der Waals surface area contributed by atoms with Crippen LogP contribution in [-0.2, 0) is 9.84 Å². The van der Waals surface area contributed by atoms with E-state index in [1.54, 1.807) is 26.1 Å². The summed E-state index contributed by atoms with van der Waals surface area (Å²) >= 11 is 0. The number of nitrogens with zero attached hydrogens (tertiary/aromatic N) is 1. The van der Waals surface area contributed by atoms with E-state index in [0.717, 1.165) is 16.6 Å². The second-order valence-electron chi connectivity index (χ2n) is 5.49. The van der Waals surface area contributed by atoms with Crippen LogP contribution in [0, 0.1) is 0 Å². The molecular weight excluding hydrogens is 274 g/mol. The summed E-state index contributed by atoms with van der Waals surface area (Å²) in [6.07, 6.45) is 2.93. The molecule has 0 atom stereocenters. The van der Waals surface area contributed by atoms with Crippen molar-refractivity contribution in [3.05, 3.63) is 30.5 Å². The third-order valence-corrected chi connectivity index (χ3v) is 5.66. The molecule has 2 rings (SSSR count). The Labute approximate surface area is 119 Å². The SMILES string of the molecule is CC(C)(CNc1ccc(N)c2ncccc12)S(C)(=O)=O. The highest BCUT2D eigenvalue weighted by Gasteiger charge is 2.29. The fraction of sp³-hybridized carbons (Fsp3) is 0.357. The molecule has 0 aliphatic rings. The second kappa shape index (κ2) is 4.94. The van der Waals surface area contributed by atoms with Crippen molar-refractivity contribution in [2.75, 3.05) is 23.9 Å². The first-order chi connectivity index (χ1) is 9.22. The van der Waals surface area contributed by atoms with Crippen molar-refractivity contribution in [1.29, 1.82) is 0 Å². The van der Waals surface area contributed by atoms with Crippen LogP contribution in [0.3, 0.4) is 0 Å². The molecule has 5 nitrogen and oxygen atoms in total. The Balaban J connectivity index is 2.34. The van der Waals surface area contributed by atoms with E-state index in [9.17, 15) is 8.42 Å². The molecule has 0 saturated heterocycles. The number of pyridine rings is 1. The van der Waals surface area contributed by atoms with Gasteiger partial charge in [0.05, 0.1) is 16.0 Å². The van der Waals surface area contributed by atoms with Crippen molar-refractivity contribution in [2.24, 2.45) is 0 Å². The van der Waals surface area contributed by atoms with E-state index in [0.29, 0.717) is 12.2 Å². The highest BCUT2D eigenvalue weighted by molar-refractivity contribution is 7.92. The molecule has 20 heavy (non-hydrogen) atoms. The van der Waals surface area contributed by atoms with E-state index in [-0.39, 0.29) is 0 Å². The van der Waals surface area contributed by atoms with E-state index >= 15 is 0 Å². The van der Waals surface area contributed by atoms with E-state index in [2.05, 4.69) is 10.3 Å². The number of benzene rings is 1. The molecular formula is C14H19N3O2S. The van der Waals surface area contributed by atoms with Gasteiger partial charge in [-0.05, 0) is 38.1 Å². The van der Waals surface area contributed by atoms with E-state index in [1.807, 2.05) is 18.2 Å². The summed E-state index contributed by atoms with van der Waals surface area (Å²) < 4.78 is 22.6. The zero-order chi connectivity index (χ0) is 15.0. The number of fused-ring (bicyclic) bond motifs is 1. The number of hydrogen-bond acceptors (Lipinski definition) is 5. The molecule has 1 heterocycles. The van der Waals surface area contributed by atoms with Crippen LogP contribution >= 0.6 is 0 Å². The quantitative estimate of drug-likeness (QED) is 0.843. The van der Waals surface area contributed by atoms with Crippen LogP contribution in [0.25, 0.3) is 10.9 Å². The molecule has 0 saturated carbocycles. The largest absolute Gasteiger partial charge is 0.397 e. The Morgan fingerprint density at radius 2 is 2.00 bits per heavy atom. The zero-order valence-electron chi connectivity index (χ0n) is 11.8. The summed E-state index contributed by atoms with van der Waals surface area (Å²) in [7, 11) is -3.14. The summed E-state index contributed by atoms with van der Waals surface area (Å²) in [5, 5.41) is 4.07. The van der Waals surface area contributed by atoms with Crippen LogP contribution in [0.4, 0.5) is 11.4 Å². The molecule has 1 aromatic heterocycles. The molecule has 1 aromatic carbocycles. The smallest absolute Gasteiger partial charge is 0.154 e. The lowest BCUT2D eigenvalue weighted by molar-refractivity contribution is 0.560. The average molecular weight is 293 g/mol. The van der Waals surface area contributed by atoms with Crippen molar-refractivity contribution in [1.82, 2.24) is 4.98 Å². The normalized spacial score (nSPS) is 12.6. The number of nitrogens with two attached hydrogens (primary N) is 1. The van der Waals surface area contributed by atoms with Crippen LogP contribution in [0.1, 0.15) is 13.8 Å². The third kappa shape index (κ3) is 2.70. The first-order valence-corrected chi connectivity index (χ1v) is 8.18. The van der Waals surface area contributed by atoms with Crippen LogP contribution in [0.15, 0.2) is 30.5 Å². The molecule has 0 aliphatic carbocycles. The summed E-state index contributed by atoms with van der Waals surface area (Å²) in [5.74, 6) is 0. The minimum Gasteiger partial charge on any atom is -0.397 e. The van der Waals surface area contributed by atoms with E-state index < -0.39 is 14.6 Å². The Bertz CT molecular complexity index is 739. The van der Waals surface area contributed by atoms with Gasteiger partial charge >= 0.3 is 0 Å². The number of rotatable bonds is 4. The van der Waals surface area contributed by atoms with E-state index in [1.165, 1.54) is 6.26 Å². The standard InChI is InChI=1S/C14H19N3O2S/c1-14(2,20(3,18)19)9-17-12-7-6-11(15)13-10(12)5-4-8-16-13/h4-8,17H,9,15H2,1-3H3. The maximum absolute atomic E-state index is 11.7.